The molecule has 0 bridgehead atoms. The van der Waals surface area contributed by atoms with E-state index in [1.807, 2.05) is 47.8 Å². The molecule has 0 saturated heterocycles. The Morgan fingerprint density at radius 3 is 2.69 bits per heavy atom. The third-order valence-corrected chi connectivity index (χ3v) is 6.42. The number of hydrogen-bond acceptors (Lipinski definition) is 8. The lowest BCUT2D eigenvalue weighted by Crippen LogP contribution is -1.99. The van der Waals surface area contributed by atoms with Gasteiger partial charge in [0.1, 0.15) is 16.5 Å². The van der Waals surface area contributed by atoms with Crippen LogP contribution in [0.15, 0.2) is 57.5 Å². The number of tetrazole rings is 1. The van der Waals surface area contributed by atoms with E-state index < -0.39 is 0 Å². The van der Waals surface area contributed by atoms with Gasteiger partial charge in [-0.2, -0.15) is 4.68 Å². The second-order valence-electron chi connectivity index (χ2n) is 5.85. The van der Waals surface area contributed by atoms with Crippen LogP contribution in [0.25, 0.3) is 16.3 Å². The summed E-state index contributed by atoms with van der Waals surface area (Å²) in [5, 5.41) is 15.7. The highest BCUT2D eigenvalue weighted by atomic mass is 79.9. The SMILES string of the molecule is COc1ccc(-n2nnnc2SCc2csc(-c3cc(Br)ccc3OC)n2)cc1. The van der Waals surface area contributed by atoms with Crippen molar-refractivity contribution in [3.8, 4) is 27.8 Å². The van der Waals surface area contributed by atoms with Crippen molar-refractivity contribution in [2.75, 3.05) is 14.2 Å². The van der Waals surface area contributed by atoms with E-state index in [1.54, 1.807) is 30.2 Å². The monoisotopic (exact) mass is 489 g/mol. The molecule has 0 atom stereocenters. The molecule has 148 valence electrons. The van der Waals surface area contributed by atoms with Crippen molar-refractivity contribution in [1.82, 2.24) is 25.2 Å². The summed E-state index contributed by atoms with van der Waals surface area (Å²) in [4.78, 5) is 4.76. The van der Waals surface area contributed by atoms with Gasteiger partial charge < -0.3 is 9.47 Å². The normalized spacial score (nSPS) is 10.9. The van der Waals surface area contributed by atoms with Gasteiger partial charge in [-0.3, -0.25) is 0 Å². The van der Waals surface area contributed by atoms with Gasteiger partial charge in [-0.05, 0) is 52.9 Å². The van der Waals surface area contributed by atoms with Crippen molar-refractivity contribution in [3.63, 3.8) is 0 Å². The van der Waals surface area contributed by atoms with Gasteiger partial charge in [-0.25, -0.2) is 4.98 Å². The molecule has 4 aromatic rings. The Kier molecular flexibility index (Phi) is 6.12. The highest BCUT2D eigenvalue weighted by Gasteiger charge is 2.14. The number of aromatic nitrogens is 5. The van der Waals surface area contributed by atoms with E-state index >= 15 is 0 Å². The first-order valence-corrected chi connectivity index (χ1v) is 11.2. The third-order valence-electron chi connectivity index (χ3n) is 4.05. The summed E-state index contributed by atoms with van der Waals surface area (Å²) in [5.74, 6) is 2.24. The average molecular weight is 490 g/mol. The van der Waals surface area contributed by atoms with E-state index in [0.717, 1.165) is 37.9 Å². The maximum absolute atomic E-state index is 5.47. The predicted octanol–water partition coefficient (Wildman–Crippen LogP) is 4.86. The van der Waals surface area contributed by atoms with Crippen molar-refractivity contribution < 1.29 is 9.47 Å². The summed E-state index contributed by atoms with van der Waals surface area (Å²) in [6, 6.07) is 13.5. The molecule has 0 aliphatic carbocycles. The molecule has 10 heteroatoms. The number of nitrogens with zero attached hydrogens (tertiary/aromatic N) is 5. The quantitative estimate of drug-likeness (QED) is 0.343. The van der Waals surface area contributed by atoms with Crippen LogP contribution in [0.4, 0.5) is 0 Å². The van der Waals surface area contributed by atoms with Crippen LogP contribution in [0.2, 0.25) is 0 Å². The molecule has 0 N–H and O–H groups in total. The van der Waals surface area contributed by atoms with Crippen LogP contribution in [-0.2, 0) is 5.75 Å². The van der Waals surface area contributed by atoms with Gasteiger partial charge in [0.2, 0.25) is 5.16 Å². The Bertz CT molecular complexity index is 1110. The molecule has 0 fully saturated rings. The summed E-state index contributed by atoms with van der Waals surface area (Å²) in [5.41, 5.74) is 2.80. The number of thiazole rings is 1. The highest BCUT2D eigenvalue weighted by Crippen LogP contribution is 2.35. The Morgan fingerprint density at radius 1 is 1.10 bits per heavy atom. The first-order chi connectivity index (χ1) is 14.2. The highest BCUT2D eigenvalue weighted by molar-refractivity contribution is 9.10. The second-order valence-corrected chi connectivity index (χ2v) is 8.56. The van der Waals surface area contributed by atoms with Gasteiger partial charge in [-0.15, -0.1) is 16.4 Å². The van der Waals surface area contributed by atoms with Gasteiger partial charge >= 0.3 is 0 Å². The summed E-state index contributed by atoms with van der Waals surface area (Å²) < 4.78 is 13.4. The van der Waals surface area contributed by atoms with Crippen LogP contribution < -0.4 is 9.47 Å². The molecular weight excluding hydrogens is 474 g/mol. The predicted molar refractivity (Wildman–Crippen MR) is 117 cm³/mol. The lowest BCUT2D eigenvalue weighted by molar-refractivity contribution is 0.414. The molecule has 0 saturated carbocycles. The minimum Gasteiger partial charge on any atom is -0.497 e. The maximum atomic E-state index is 5.47. The van der Waals surface area contributed by atoms with E-state index in [4.69, 9.17) is 14.5 Å². The van der Waals surface area contributed by atoms with Gasteiger partial charge in [0, 0.05) is 15.6 Å². The minimum atomic E-state index is 0.656. The summed E-state index contributed by atoms with van der Waals surface area (Å²) >= 11 is 6.63. The first kappa shape index (κ1) is 19.9. The first-order valence-electron chi connectivity index (χ1n) is 8.52. The van der Waals surface area contributed by atoms with Crippen LogP contribution in [0, 0.1) is 0 Å². The molecule has 0 spiro atoms. The molecule has 0 aliphatic heterocycles. The van der Waals surface area contributed by atoms with Crippen molar-refractivity contribution in [3.05, 3.63) is 58.0 Å². The number of benzene rings is 2. The smallest absolute Gasteiger partial charge is 0.214 e. The second kappa shape index (κ2) is 8.93. The van der Waals surface area contributed by atoms with Gasteiger partial charge in [0.25, 0.3) is 0 Å². The van der Waals surface area contributed by atoms with E-state index in [9.17, 15) is 0 Å². The molecule has 0 unspecified atom stereocenters. The van der Waals surface area contributed by atoms with Crippen molar-refractivity contribution in [1.29, 1.82) is 0 Å². The zero-order valence-corrected chi connectivity index (χ0v) is 18.8. The summed E-state index contributed by atoms with van der Waals surface area (Å²) in [7, 11) is 3.30. The minimum absolute atomic E-state index is 0.656. The fraction of sp³-hybridized carbons (Fsp3) is 0.158. The van der Waals surface area contributed by atoms with Crippen molar-refractivity contribution in [2.45, 2.75) is 10.9 Å². The molecule has 2 aromatic carbocycles. The number of hydrogen-bond donors (Lipinski definition) is 0. The Labute approximate surface area is 184 Å². The van der Waals surface area contributed by atoms with Crippen molar-refractivity contribution >= 4 is 39.0 Å². The largest absolute Gasteiger partial charge is 0.497 e. The Balaban J connectivity index is 1.50. The summed E-state index contributed by atoms with van der Waals surface area (Å²) in [6.45, 7) is 0. The number of methoxy groups -OCH3 is 2. The fourth-order valence-electron chi connectivity index (χ4n) is 2.64. The van der Waals surface area contributed by atoms with Gasteiger partial charge in [0.05, 0.1) is 31.2 Å². The van der Waals surface area contributed by atoms with Crippen LogP contribution in [0.3, 0.4) is 0 Å². The number of thioether (sulfide) groups is 1. The number of rotatable bonds is 7. The summed E-state index contributed by atoms with van der Waals surface area (Å²) in [6.07, 6.45) is 0. The third kappa shape index (κ3) is 4.44. The van der Waals surface area contributed by atoms with E-state index in [2.05, 4.69) is 31.5 Å². The van der Waals surface area contributed by atoms with Crippen LogP contribution >= 0.6 is 39.0 Å². The van der Waals surface area contributed by atoms with Crippen LogP contribution in [0.1, 0.15) is 5.69 Å². The van der Waals surface area contributed by atoms with Gasteiger partial charge in [-0.1, -0.05) is 27.7 Å². The topological polar surface area (TPSA) is 75.0 Å². The zero-order chi connectivity index (χ0) is 20.2. The molecule has 0 aliphatic rings. The standard InChI is InChI=1S/C19H16BrN5O2S2/c1-26-15-6-4-14(5-7-15)25-19(22-23-24-25)29-11-13-10-28-18(21-13)16-9-12(20)3-8-17(16)27-2/h3-10H,11H2,1-2H3. The zero-order valence-electron chi connectivity index (χ0n) is 15.6. The molecule has 4 rings (SSSR count). The Hall–Kier alpha value is -2.43. The molecule has 0 amide bonds. The molecule has 7 nitrogen and oxygen atoms in total. The molecule has 2 aromatic heterocycles. The van der Waals surface area contributed by atoms with E-state index in [1.165, 1.54) is 11.8 Å². The Morgan fingerprint density at radius 2 is 1.93 bits per heavy atom. The van der Waals surface area contributed by atoms with Crippen molar-refractivity contribution in [2.24, 2.45) is 0 Å². The average Bonchev–Trinajstić information content (AvgIpc) is 3.42. The molecular formula is C19H16BrN5O2S2. The maximum Gasteiger partial charge on any atom is 0.214 e. The fourth-order valence-corrected chi connectivity index (χ4v) is 4.73. The van der Waals surface area contributed by atoms with Crippen LogP contribution in [0.5, 0.6) is 11.5 Å². The lowest BCUT2D eigenvalue weighted by atomic mass is 10.2. The molecule has 0 radical (unpaired) electrons. The van der Waals surface area contributed by atoms with Crippen LogP contribution in [-0.4, -0.2) is 39.4 Å². The lowest BCUT2D eigenvalue weighted by Gasteiger charge is -2.06. The van der Waals surface area contributed by atoms with Gasteiger partial charge in [0.15, 0.2) is 0 Å². The number of halogens is 1. The van der Waals surface area contributed by atoms with E-state index in [-0.39, 0.29) is 0 Å². The number of ether oxygens (including phenoxy) is 2. The molecule has 29 heavy (non-hydrogen) atoms. The molecule has 2 heterocycles. The van der Waals surface area contributed by atoms with E-state index in [0.29, 0.717) is 10.9 Å².